The number of phosphoric acid groups is 1. The summed E-state index contributed by atoms with van der Waals surface area (Å²) < 4.78 is 23.8. The number of likely N-dealkylation sites (N-methyl/N-ethyl adjacent to an activating group) is 1. The van der Waals surface area contributed by atoms with E-state index in [0.717, 1.165) is 89.9 Å². The lowest BCUT2D eigenvalue weighted by atomic mass is 10.0. The predicted octanol–water partition coefficient (Wildman–Crippen LogP) is 17.5. The third kappa shape index (κ3) is 53.6. The van der Waals surface area contributed by atoms with Crippen molar-refractivity contribution in [3.63, 3.8) is 0 Å². The van der Waals surface area contributed by atoms with E-state index < -0.39 is 20.0 Å². The molecule has 0 aromatic rings. The van der Waals surface area contributed by atoms with Gasteiger partial charge >= 0.3 is 7.82 Å². The van der Waals surface area contributed by atoms with E-state index in [-0.39, 0.29) is 19.1 Å². The first-order valence-corrected chi connectivity index (χ1v) is 30.3. The molecule has 8 nitrogen and oxygen atoms in total. The van der Waals surface area contributed by atoms with Crippen molar-refractivity contribution in [2.24, 2.45) is 0 Å². The van der Waals surface area contributed by atoms with Gasteiger partial charge < -0.3 is 19.8 Å². The average Bonchev–Trinajstić information content (AvgIpc) is 3.31. The first-order chi connectivity index (χ1) is 33.5. The number of rotatable bonds is 52. The van der Waals surface area contributed by atoms with Crippen molar-refractivity contribution in [3.05, 3.63) is 72.9 Å². The van der Waals surface area contributed by atoms with Crippen molar-refractivity contribution in [1.82, 2.24) is 5.32 Å². The number of hydrogen-bond donors (Lipinski definition) is 3. The third-order valence-electron chi connectivity index (χ3n) is 12.7. The number of aliphatic hydroxyl groups excluding tert-OH is 1. The van der Waals surface area contributed by atoms with Crippen LogP contribution >= 0.6 is 7.82 Å². The number of nitrogens with one attached hydrogen (secondary N) is 1. The minimum absolute atomic E-state index is 0.0683. The molecule has 0 fully saturated rings. The van der Waals surface area contributed by atoms with Gasteiger partial charge in [0.15, 0.2) is 0 Å². The molecule has 9 heteroatoms. The van der Waals surface area contributed by atoms with Gasteiger partial charge in [-0.1, -0.05) is 254 Å². The van der Waals surface area contributed by atoms with E-state index in [9.17, 15) is 19.4 Å². The molecule has 0 bridgehead atoms. The Bertz CT molecular complexity index is 1350. The van der Waals surface area contributed by atoms with Crippen LogP contribution in [0.4, 0.5) is 0 Å². The van der Waals surface area contributed by atoms with Crippen molar-refractivity contribution in [2.75, 3.05) is 40.9 Å². The zero-order valence-electron chi connectivity index (χ0n) is 45.8. The molecule has 0 spiro atoms. The Morgan fingerprint density at radius 2 is 0.870 bits per heavy atom. The first-order valence-electron chi connectivity index (χ1n) is 28.8. The van der Waals surface area contributed by atoms with E-state index in [4.69, 9.17) is 9.05 Å². The Morgan fingerprint density at radius 1 is 0.507 bits per heavy atom. The summed E-state index contributed by atoms with van der Waals surface area (Å²) in [6.07, 6.45) is 69.5. The number of carbonyl (C=O) groups excluding carboxylic acids is 1. The Hall–Kier alpha value is -2.06. The van der Waals surface area contributed by atoms with Gasteiger partial charge in [0.1, 0.15) is 13.2 Å². The molecule has 0 aromatic carbocycles. The van der Waals surface area contributed by atoms with E-state index in [1.54, 1.807) is 0 Å². The van der Waals surface area contributed by atoms with Crippen LogP contribution in [0.3, 0.4) is 0 Å². The summed E-state index contributed by atoms with van der Waals surface area (Å²) in [5.41, 5.74) is 0. The summed E-state index contributed by atoms with van der Waals surface area (Å²) in [6, 6.07) is -0.774. The van der Waals surface area contributed by atoms with Crippen molar-refractivity contribution >= 4 is 13.7 Å². The maximum absolute atomic E-state index is 13.0. The fourth-order valence-electron chi connectivity index (χ4n) is 8.23. The fraction of sp³-hybridized carbons (Fsp3) is 0.783. The van der Waals surface area contributed by atoms with Crippen LogP contribution in [0.1, 0.15) is 251 Å². The van der Waals surface area contributed by atoms with E-state index in [1.165, 1.54) is 135 Å². The molecule has 0 saturated heterocycles. The number of allylic oxidation sites excluding steroid dienone is 12. The van der Waals surface area contributed by atoms with Crippen LogP contribution in [-0.4, -0.2) is 73.4 Å². The Morgan fingerprint density at radius 3 is 1.28 bits per heavy atom. The quantitative estimate of drug-likeness (QED) is 0.0243. The minimum Gasteiger partial charge on any atom is -0.391 e. The lowest BCUT2D eigenvalue weighted by Gasteiger charge is -2.26. The SMILES string of the molecule is CC/C=C\C/C=C\C/C=C\C/C=C\C/C=C\C/C=C\CCCCCCCCC(=O)NC(COP(=O)(O)OCC[N+](C)(C)C)C(O)CCCCCCCCCCCCCCCCCCCCCCCC. The molecule has 402 valence electrons. The molecule has 0 aromatic heterocycles. The van der Waals surface area contributed by atoms with Crippen LogP contribution in [0, 0.1) is 0 Å². The number of carbonyl (C=O) groups is 1. The maximum atomic E-state index is 13.0. The highest BCUT2D eigenvalue weighted by Crippen LogP contribution is 2.43. The Labute approximate surface area is 427 Å². The molecule has 0 saturated carbocycles. The van der Waals surface area contributed by atoms with Gasteiger partial charge in [0, 0.05) is 6.42 Å². The highest BCUT2D eigenvalue weighted by atomic mass is 31.2. The smallest absolute Gasteiger partial charge is 0.391 e. The normalized spacial score (nSPS) is 14.5. The van der Waals surface area contributed by atoms with Crippen LogP contribution in [0.25, 0.3) is 0 Å². The van der Waals surface area contributed by atoms with Gasteiger partial charge in [-0.2, -0.15) is 0 Å². The molecule has 3 N–H and O–H groups in total. The standard InChI is InChI=1S/C60H111N2O6P/c1-6-8-10-12-14-16-18-20-22-24-26-28-30-31-32-34-36-38-40-42-44-46-48-50-52-54-60(64)61-58(57-68-69(65,66)67-56-55-62(3,4)5)59(63)53-51-49-47-45-43-41-39-37-35-33-29-27-25-23-21-19-17-15-13-11-9-7-2/h8,10,14,16,20,22,26,28,31-32,36,38,58-59,63H,6-7,9,11-13,15,17-19,21,23-25,27,29-30,33-35,37,39-57H2,1-5H3,(H-,61,64,65,66)/p+1/b10-8-,16-14-,22-20-,28-26-,32-31-,38-36-. The lowest BCUT2D eigenvalue weighted by molar-refractivity contribution is -0.870. The summed E-state index contributed by atoms with van der Waals surface area (Å²) in [5, 5.41) is 14.1. The van der Waals surface area contributed by atoms with Gasteiger partial charge in [-0.05, 0) is 64.2 Å². The average molecular weight is 989 g/mol. The molecular weight excluding hydrogens is 876 g/mol. The summed E-state index contributed by atoms with van der Waals surface area (Å²) in [4.78, 5) is 23.3. The number of nitrogens with zero attached hydrogens (tertiary/aromatic N) is 1. The van der Waals surface area contributed by atoms with Crippen molar-refractivity contribution in [3.8, 4) is 0 Å². The number of phosphoric ester groups is 1. The number of aliphatic hydroxyl groups is 1. The van der Waals surface area contributed by atoms with E-state index in [2.05, 4.69) is 92.1 Å². The summed E-state index contributed by atoms with van der Waals surface area (Å²) in [7, 11) is 1.60. The minimum atomic E-state index is -4.33. The zero-order valence-corrected chi connectivity index (χ0v) is 46.7. The van der Waals surface area contributed by atoms with Gasteiger partial charge in [0.25, 0.3) is 0 Å². The molecule has 0 rings (SSSR count). The van der Waals surface area contributed by atoms with Gasteiger partial charge in [0.05, 0.1) is 39.9 Å². The Kier molecular flexibility index (Phi) is 49.3. The highest BCUT2D eigenvalue weighted by molar-refractivity contribution is 7.47. The summed E-state index contributed by atoms with van der Waals surface area (Å²) in [6.45, 7) is 4.78. The number of amides is 1. The molecule has 1 amide bonds. The molecule has 0 aliphatic carbocycles. The second-order valence-corrected chi connectivity index (χ2v) is 22.1. The molecule has 3 atom stereocenters. The Balaban J connectivity index is 4.24. The second-order valence-electron chi connectivity index (χ2n) is 20.6. The molecule has 0 radical (unpaired) electrons. The van der Waals surface area contributed by atoms with E-state index >= 15 is 0 Å². The van der Waals surface area contributed by atoms with Crippen LogP contribution in [-0.2, 0) is 18.4 Å². The molecular formula is C60H112N2O6P+. The van der Waals surface area contributed by atoms with Crippen LogP contribution < -0.4 is 5.32 Å². The largest absolute Gasteiger partial charge is 0.472 e. The van der Waals surface area contributed by atoms with Gasteiger partial charge in [-0.3, -0.25) is 13.8 Å². The van der Waals surface area contributed by atoms with Gasteiger partial charge in [-0.15, -0.1) is 0 Å². The van der Waals surface area contributed by atoms with Crippen molar-refractivity contribution in [1.29, 1.82) is 0 Å². The molecule has 3 unspecified atom stereocenters. The number of quaternary nitrogens is 1. The molecule has 0 heterocycles. The molecule has 0 aliphatic heterocycles. The van der Waals surface area contributed by atoms with Crippen molar-refractivity contribution in [2.45, 2.75) is 264 Å². The molecule has 0 aliphatic rings. The van der Waals surface area contributed by atoms with Crippen LogP contribution in [0.5, 0.6) is 0 Å². The van der Waals surface area contributed by atoms with E-state index in [1.807, 2.05) is 21.1 Å². The number of unbranched alkanes of at least 4 members (excludes halogenated alkanes) is 27. The topological polar surface area (TPSA) is 105 Å². The zero-order chi connectivity index (χ0) is 50.6. The predicted molar refractivity (Wildman–Crippen MR) is 300 cm³/mol. The third-order valence-corrected chi connectivity index (χ3v) is 13.7. The summed E-state index contributed by atoms with van der Waals surface area (Å²) in [5.74, 6) is -0.159. The van der Waals surface area contributed by atoms with Crippen LogP contribution in [0.15, 0.2) is 72.9 Å². The highest BCUT2D eigenvalue weighted by Gasteiger charge is 2.28. The first kappa shape index (κ1) is 66.9. The molecule has 69 heavy (non-hydrogen) atoms. The van der Waals surface area contributed by atoms with Crippen LogP contribution in [0.2, 0.25) is 0 Å². The maximum Gasteiger partial charge on any atom is 0.472 e. The summed E-state index contributed by atoms with van der Waals surface area (Å²) >= 11 is 0. The lowest BCUT2D eigenvalue weighted by Crippen LogP contribution is -2.46. The van der Waals surface area contributed by atoms with E-state index in [0.29, 0.717) is 23.9 Å². The van der Waals surface area contributed by atoms with Crippen molar-refractivity contribution < 1.29 is 32.9 Å². The van der Waals surface area contributed by atoms with Gasteiger partial charge in [-0.25, -0.2) is 4.57 Å². The fourth-order valence-corrected chi connectivity index (χ4v) is 8.96. The number of hydrogen-bond acceptors (Lipinski definition) is 5. The monoisotopic (exact) mass is 988 g/mol. The van der Waals surface area contributed by atoms with Gasteiger partial charge in [0.2, 0.25) is 5.91 Å². The second kappa shape index (κ2) is 50.9.